The number of nitrogens with zero attached hydrogens (tertiary/aromatic N) is 2. The number of hydrogen-bond donors (Lipinski definition) is 2. The predicted molar refractivity (Wildman–Crippen MR) is 146 cm³/mol. The molecule has 4 rings (SSSR count). The van der Waals surface area contributed by atoms with Gasteiger partial charge in [-0.25, -0.2) is 13.4 Å². The molecule has 0 unspecified atom stereocenters. The number of aromatic nitrogens is 1. The molecule has 0 spiro atoms. The van der Waals surface area contributed by atoms with Crippen LogP contribution < -0.4 is 10.0 Å². The summed E-state index contributed by atoms with van der Waals surface area (Å²) in [5.41, 5.74) is 1.61. The molecule has 2 N–H and O–H groups in total. The second-order valence-corrected chi connectivity index (χ2v) is 11.5. The Morgan fingerprint density at radius 2 is 1.74 bits per heavy atom. The first-order chi connectivity index (χ1) is 18.2. The van der Waals surface area contributed by atoms with Crippen molar-refractivity contribution in [3.05, 3.63) is 66.1 Å². The third kappa shape index (κ3) is 7.28. The van der Waals surface area contributed by atoms with Crippen LogP contribution in [0.4, 0.5) is 0 Å². The van der Waals surface area contributed by atoms with E-state index in [1.165, 1.54) is 6.42 Å². The van der Waals surface area contributed by atoms with Gasteiger partial charge in [0, 0.05) is 5.56 Å². The number of hydrogen-bond acceptors (Lipinski definition) is 7. The van der Waals surface area contributed by atoms with Crippen LogP contribution in [0.1, 0.15) is 68.1 Å². The number of amides is 1. The number of ketones is 1. The Labute approximate surface area is 223 Å². The van der Waals surface area contributed by atoms with Gasteiger partial charge in [-0.2, -0.15) is 0 Å². The molecule has 3 aromatic rings. The highest BCUT2D eigenvalue weighted by atomic mass is 32.2. The van der Waals surface area contributed by atoms with Crippen molar-refractivity contribution in [2.24, 2.45) is 10.9 Å². The molecule has 1 aromatic heterocycles. The van der Waals surface area contributed by atoms with Crippen molar-refractivity contribution in [3.63, 3.8) is 0 Å². The van der Waals surface area contributed by atoms with E-state index in [1.807, 2.05) is 6.07 Å². The number of oxazole rings is 1. The largest absolute Gasteiger partial charge is 0.434 e. The number of amidine groups is 1. The number of carbonyl (C=O) groups excluding carboxylic acids is 2. The molecule has 202 valence electrons. The van der Waals surface area contributed by atoms with Crippen LogP contribution in [-0.2, 0) is 14.8 Å². The van der Waals surface area contributed by atoms with Gasteiger partial charge in [0.05, 0.1) is 12.3 Å². The molecule has 38 heavy (non-hydrogen) atoms. The highest BCUT2D eigenvalue weighted by molar-refractivity contribution is 7.89. The van der Waals surface area contributed by atoms with Crippen LogP contribution in [-0.4, -0.2) is 49.3 Å². The smallest absolute Gasteiger partial charge is 0.266 e. The minimum Gasteiger partial charge on any atom is -0.434 e. The Balaban J connectivity index is 1.62. The second kappa shape index (κ2) is 12.3. The fourth-order valence-electron chi connectivity index (χ4n) is 4.79. The zero-order chi connectivity index (χ0) is 27.1. The van der Waals surface area contributed by atoms with E-state index in [0.717, 1.165) is 31.9 Å². The van der Waals surface area contributed by atoms with Gasteiger partial charge in [-0.15, -0.1) is 0 Å². The van der Waals surface area contributed by atoms with Gasteiger partial charge in [-0.3, -0.25) is 19.3 Å². The van der Waals surface area contributed by atoms with Crippen molar-refractivity contribution in [3.8, 4) is 0 Å². The van der Waals surface area contributed by atoms with Crippen molar-refractivity contribution in [2.75, 3.05) is 6.26 Å². The van der Waals surface area contributed by atoms with E-state index >= 15 is 0 Å². The molecule has 2 aromatic carbocycles. The summed E-state index contributed by atoms with van der Waals surface area (Å²) in [5, 5.41) is 2.85. The number of aliphatic imine (C=N–C) groups is 1. The molecule has 1 aliphatic carbocycles. The summed E-state index contributed by atoms with van der Waals surface area (Å²) < 4.78 is 32.4. The molecule has 0 radical (unpaired) electrons. The van der Waals surface area contributed by atoms with E-state index in [0.29, 0.717) is 29.5 Å². The molecular formula is C28H34N4O5S. The number of para-hydroxylation sites is 2. The summed E-state index contributed by atoms with van der Waals surface area (Å²) in [4.78, 5) is 35.8. The number of nitrogens with one attached hydrogen (secondary N) is 2. The van der Waals surface area contributed by atoms with Crippen LogP contribution in [0, 0.1) is 5.92 Å². The van der Waals surface area contributed by atoms with Crippen molar-refractivity contribution < 1.29 is 22.4 Å². The van der Waals surface area contributed by atoms with E-state index in [4.69, 9.17) is 4.42 Å². The van der Waals surface area contributed by atoms with Gasteiger partial charge in [-0.05, 0) is 30.9 Å². The van der Waals surface area contributed by atoms with Gasteiger partial charge >= 0.3 is 0 Å². The molecule has 1 saturated carbocycles. The van der Waals surface area contributed by atoms with Crippen molar-refractivity contribution in [1.29, 1.82) is 0 Å². The molecule has 9 nitrogen and oxygen atoms in total. The van der Waals surface area contributed by atoms with Gasteiger partial charge in [0.2, 0.25) is 21.7 Å². The summed E-state index contributed by atoms with van der Waals surface area (Å²) >= 11 is 0. The molecule has 0 bridgehead atoms. The Hall–Kier alpha value is -3.53. The number of benzene rings is 2. The number of Topliss-reactive ketones (excluding diaryl/α,β-unsaturated/α-hetero) is 1. The molecule has 1 aliphatic rings. The van der Waals surface area contributed by atoms with Crippen LogP contribution in [0.5, 0.6) is 0 Å². The molecule has 10 heteroatoms. The maximum Gasteiger partial charge on any atom is 0.266 e. The van der Waals surface area contributed by atoms with Gasteiger partial charge in [0.1, 0.15) is 17.4 Å². The molecule has 1 heterocycles. The number of fused-ring (bicyclic) bond motifs is 1. The highest BCUT2D eigenvalue weighted by Gasteiger charge is 2.30. The maximum atomic E-state index is 13.6. The standard InChI is InChI=1S/C28H34N4O5S/c1-3-21(25(33)28-31-22-16-10-11-17-24(22)37-28)30-27(34)23(18-19-12-6-4-7-13-19)29-26(32-38(2,35)36)20-14-8-5-9-15-20/h5,8-11,14-17,19,21,23H,3-4,6-7,12-13,18H2,1-2H3,(H,29,32)(H,30,34)/t21-,23-/m0/s1. The van der Waals surface area contributed by atoms with Crippen LogP contribution in [0.3, 0.4) is 0 Å². The molecule has 1 amide bonds. The minimum absolute atomic E-state index is 0.0607. The highest BCUT2D eigenvalue weighted by Crippen LogP contribution is 2.28. The van der Waals surface area contributed by atoms with E-state index in [9.17, 15) is 18.0 Å². The van der Waals surface area contributed by atoms with Crippen LogP contribution in [0.25, 0.3) is 11.1 Å². The predicted octanol–water partition coefficient (Wildman–Crippen LogP) is 4.24. The lowest BCUT2D eigenvalue weighted by Gasteiger charge is -2.26. The van der Waals surface area contributed by atoms with Gasteiger partial charge in [0.15, 0.2) is 5.58 Å². The van der Waals surface area contributed by atoms with E-state index in [2.05, 4.69) is 20.0 Å². The van der Waals surface area contributed by atoms with E-state index in [1.54, 1.807) is 55.5 Å². The lowest BCUT2D eigenvalue weighted by molar-refractivity contribution is -0.123. The number of rotatable bonds is 10. The Morgan fingerprint density at radius 3 is 2.39 bits per heavy atom. The van der Waals surface area contributed by atoms with Gasteiger partial charge in [-0.1, -0.05) is 81.5 Å². The Bertz CT molecular complexity index is 1360. The first-order valence-electron chi connectivity index (χ1n) is 13.0. The summed E-state index contributed by atoms with van der Waals surface area (Å²) in [6.07, 6.45) is 7.15. The SMILES string of the molecule is CC[C@H](NC(=O)[C@H](CC1CCCCC1)N=C(NS(C)(=O)=O)c1ccccc1)C(=O)c1nc2ccccc2o1. The summed E-state index contributed by atoms with van der Waals surface area (Å²) in [6, 6.07) is 14.2. The monoisotopic (exact) mass is 538 g/mol. The molecule has 0 saturated heterocycles. The normalized spacial score (nSPS) is 16.6. The fraction of sp³-hybridized carbons (Fsp3) is 0.429. The topological polar surface area (TPSA) is 131 Å². The fourth-order valence-corrected chi connectivity index (χ4v) is 5.31. The zero-order valence-electron chi connectivity index (χ0n) is 21.7. The van der Waals surface area contributed by atoms with E-state index in [-0.39, 0.29) is 17.6 Å². The minimum atomic E-state index is -3.65. The van der Waals surface area contributed by atoms with Crippen molar-refractivity contribution in [1.82, 2.24) is 15.0 Å². The third-order valence-electron chi connectivity index (χ3n) is 6.74. The quantitative estimate of drug-likeness (QED) is 0.226. The van der Waals surface area contributed by atoms with Crippen LogP contribution in [0.2, 0.25) is 0 Å². The molecule has 1 fully saturated rings. The Kier molecular flexibility index (Phi) is 8.93. The Morgan fingerprint density at radius 1 is 1.05 bits per heavy atom. The van der Waals surface area contributed by atoms with E-state index < -0.39 is 33.8 Å². The number of carbonyl (C=O) groups is 2. The lowest BCUT2D eigenvalue weighted by atomic mass is 9.84. The average molecular weight is 539 g/mol. The van der Waals surface area contributed by atoms with Crippen molar-refractivity contribution >= 4 is 38.6 Å². The summed E-state index contributed by atoms with van der Waals surface area (Å²) in [6.45, 7) is 1.80. The summed E-state index contributed by atoms with van der Waals surface area (Å²) in [5.74, 6) is -0.534. The molecular weight excluding hydrogens is 504 g/mol. The first kappa shape index (κ1) is 27.5. The summed E-state index contributed by atoms with van der Waals surface area (Å²) in [7, 11) is -3.65. The maximum absolute atomic E-state index is 13.6. The average Bonchev–Trinajstić information content (AvgIpc) is 3.35. The first-order valence-corrected chi connectivity index (χ1v) is 14.9. The van der Waals surface area contributed by atoms with Crippen LogP contribution >= 0.6 is 0 Å². The lowest BCUT2D eigenvalue weighted by Crippen LogP contribution is -2.46. The molecule has 0 aliphatic heterocycles. The number of sulfonamides is 1. The second-order valence-electron chi connectivity index (χ2n) is 9.79. The van der Waals surface area contributed by atoms with Gasteiger partial charge < -0.3 is 9.73 Å². The van der Waals surface area contributed by atoms with Gasteiger partial charge in [0.25, 0.3) is 5.89 Å². The third-order valence-corrected chi connectivity index (χ3v) is 7.31. The zero-order valence-corrected chi connectivity index (χ0v) is 22.5. The molecule has 2 atom stereocenters. The van der Waals surface area contributed by atoms with Crippen LogP contribution in [0.15, 0.2) is 64.0 Å². The van der Waals surface area contributed by atoms with Crippen molar-refractivity contribution in [2.45, 2.75) is 64.0 Å².